The van der Waals surface area contributed by atoms with Crippen LogP contribution in [0.25, 0.3) is 12.2 Å². The van der Waals surface area contributed by atoms with E-state index in [-0.39, 0.29) is 20.4 Å². The van der Waals surface area contributed by atoms with Crippen LogP contribution in [0.15, 0.2) is 59.7 Å². The highest BCUT2D eigenvalue weighted by atomic mass is 24.5. The third kappa shape index (κ3) is 2.19. The van der Waals surface area contributed by atoms with E-state index in [1.807, 2.05) is 0 Å². The summed E-state index contributed by atoms with van der Waals surface area (Å²) in [5.74, 6) is 0. The van der Waals surface area contributed by atoms with Crippen LogP contribution in [-0.2, 0) is 0 Å². The van der Waals surface area contributed by atoms with Gasteiger partial charge in [-0.05, 0) is 25.0 Å². The van der Waals surface area contributed by atoms with E-state index >= 15 is 0 Å². The van der Waals surface area contributed by atoms with Crippen LogP contribution in [-0.4, -0.2) is 20.4 Å². The Balaban J connectivity index is 1.69. The van der Waals surface area contributed by atoms with Gasteiger partial charge in [0.2, 0.25) is 0 Å². The zero-order valence-electron chi connectivity index (χ0n) is 12.6. The number of hydrogen-bond acceptors (Lipinski definition) is 0. The first-order chi connectivity index (χ1) is 10.2. The second kappa shape index (κ2) is 5.15. The van der Waals surface area contributed by atoms with Crippen molar-refractivity contribution in [2.45, 2.75) is 21.9 Å². The molecule has 2 unspecified atom stereocenters. The molecule has 2 aromatic carbocycles. The van der Waals surface area contributed by atoms with Crippen LogP contribution >= 0.6 is 0 Å². The lowest BCUT2D eigenvalue weighted by atomic mass is 10.1. The smallest absolute Gasteiger partial charge is 0.0907 e. The van der Waals surface area contributed by atoms with E-state index in [2.05, 4.69) is 74.5 Å². The molecule has 0 spiro atoms. The lowest BCUT2D eigenvalue weighted by Gasteiger charge is -2.20. The summed E-state index contributed by atoms with van der Waals surface area (Å²) in [4.78, 5) is 0. The van der Waals surface area contributed by atoms with Crippen molar-refractivity contribution in [3.8, 4) is 0 Å². The normalized spacial score (nSPS) is 22.2. The van der Waals surface area contributed by atoms with Gasteiger partial charge in [0.15, 0.2) is 0 Å². The monoisotopic (exact) mass is 282 g/mol. The fourth-order valence-electron chi connectivity index (χ4n) is 3.96. The van der Waals surface area contributed by atoms with Crippen LogP contribution in [0.3, 0.4) is 0 Å². The fraction of sp³-hybridized carbons (Fsp3) is 0.200. The number of rotatable bonds is 2. The summed E-state index contributed by atoms with van der Waals surface area (Å²) in [6, 6.07) is 17.9. The summed E-state index contributed by atoms with van der Waals surface area (Å²) in [7, 11) is 0. The molecule has 4 rings (SSSR count). The first-order valence-electron chi connectivity index (χ1n) is 7.78. The number of hydrogen-bond donors (Lipinski definition) is 0. The second-order valence-electron chi connectivity index (χ2n) is 6.38. The van der Waals surface area contributed by atoms with E-state index in [0.717, 1.165) is 0 Å². The summed E-state index contributed by atoms with van der Waals surface area (Å²) >= 11 is -0.285. The first-order valence-corrected chi connectivity index (χ1v) is 9.41. The second-order valence-corrected chi connectivity index (χ2v) is 8.48. The van der Waals surface area contributed by atoms with Gasteiger partial charge in [0.05, 0.1) is 0 Å². The van der Waals surface area contributed by atoms with Gasteiger partial charge in [-0.25, -0.2) is 0 Å². The maximum atomic E-state index is 2.40. The van der Waals surface area contributed by atoms with Gasteiger partial charge in [-0.15, -0.1) is 0 Å². The van der Waals surface area contributed by atoms with Gasteiger partial charge in [0.25, 0.3) is 0 Å². The molecule has 0 saturated carbocycles. The summed E-state index contributed by atoms with van der Waals surface area (Å²) in [5, 5.41) is 0. The predicted molar refractivity (Wildman–Crippen MR) is 91.4 cm³/mol. The maximum Gasteiger partial charge on any atom is 0.400 e. The molecule has 2 aliphatic rings. The Kier molecular flexibility index (Phi) is 3.28. The average molecular weight is 283 g/mol. The third-order valence-corrected chi connectivity index (χ3v) is 8.19. The van der Waals surface area contributed by atoms with E-state index in [1.165, 1.54) is 11.1 Å². The van der Waals surface area contributed by atoms with Gasteiger partial charge in [-0.3, -0.25) is 0 Å². The Labute approximate surface area is 136 Å². The van der Waals surface area contributed by atoms with E-state index in [4.69, 9.17) is 0 Å². The Morgan fingerprint density at radius 1 is 0.667 bits per heavy atom. The molecule has 2 atom stereocenters. The summed E-state index contributed by atoms with van der Waals surface area (Å²) in [5.41, 5.74) is 9.17. The molecule has 100 valence electrons. The van der Waals surface area contributed by atoms with Crippen molar-refractivity contribution < 1.29 is 0 Å². The molecule has 0 aliphatic heterocycles. The largest absolute Gasteiger partial charge is 0.400 e. The standard InChI is InChI=1S/2C10H9.Mg/c2*1-8-6-9-4-2-3-5-10(9)7-8;/h2*2-7H,1H3;. The molecule has 0 amide bonds. The minimum atomic E-state index is -0.285. The summed E-state index contributed by atoms with van der Waals surface area (Å²) in [6.45, 7) is 4.63. The number of fused-ring (bicyclic) bond motifs is 2. The minimum absolute atomic E-state index is 0.285. The molecule has 2 aromatic rings. The Hall–Kier alpha value is -1.31. The molecular weight excluding hydrogens is 265 g/mol. The van der Waals surface area contributed by atoms with Crippen molar-refractivity contribution in [2.24, 2.45) is 0 Å². The average Bonchev–Trinajstić information content (AvgIpc) is 2.97. The molecule has 0 nitrogen and oxygen atoms in total. The molecule has 0 saturated heterocycles. The van der Waals surface area contributed by atoms with Crippen molar-refractivity contribution >= 4 is 32.5 Å². The van der Waals surface area contributed by atoms with Crippen LogP contribution in [0.4, 0.5) is 0 Å². The Bertz CT molecular complexity index is 701. The molecule has 0 bridgehead atoms. The summed E-state index contributed by atoms with van der Waals surface area (Å²) < 4.78 is 1.42. The van der Waals surface area contributed by atoms with Gasteiger partial charge in [-0.2, -0.15) is 0 Å². The SMILES string of the molecule is CC1=Cc2ccccc2[CH]1[Mg][CH]1C(C)=Cc2ccccc21. The van der Waals surface area contributed by atoms with Crippen LogP contribution in [0, 0.1) is 0 Å². The van der Waals surface area contributed by atoms with Gasteiger partial charge in [0.1, 0.15) is 0 Å². The van der Waals surface area contributed by atoms with Crippen molar-refractivity contribution in [2.75, 3.05) is 0 Å². The highest BCUT2D eigenvalue weighted by Gasteiger charge is 2.32. The van der Waals surface area contributed by atoms with Gasteiger partial charge < -0.3 is 0 Å². The molecule has 0 aromatic heterocycles. The fourth-order valence-corrected chi connectivity index (χ4v) is 6.67. The van der Waals surface area contributed by atoms with Crippen molar-refractivity contribution in [3.05, 3.63) is 81.9 Å². The van der Waals surface area contributed by atoms with Crippen molar-refractivity contribution in [1.29, 1.82) is 0 Å². The zero-order valence-corrected chi connectivity index (χ0v) is 14.0. The minimum Gasteiger partial charge on any atom is -0.0907 e. The lowest BCUT2D eigenvalue weighted by molar-refractivity contribution is 1.04. The summed E-state index contributed by atoms with van der Waals surface area (Å²) in [6.07, 6.45) is 4.79. The highest BCUT2D eigenvalue weighted by molar-refractivity contribution is 6.43. The van der Waals surface area contributed by atoms with Gasteiger partial charge in [-0.1, -0.05) is 91.1 Å². The van der Waals surface area contributed by atoms with E-state index in [0.29, 0.717) is 8.09 Å². The quantitative estimate of drug-likeness (QED) is 0.680. The van der Waals surface area contributed by atoms with Crippen LogP contribution in [0.5, 0.6) is 0 Å². The zero-order chi connectivity index (χ0) is 14.4. The Morgan fingerprint density at radius 2 is 1.10 bits per heavy atom. The molecule has 0 heterocycles. The van der Waals surface area contributed by atoms with E-state index in [9.17, 15) is 0 Å². The topological polar surface area (TPSA) is 0 Å². The first kappa shape index (κ1) is 13.4. The van der Waals surface area contributed by atoms with Crippen molar-refractivity contribution in [3.63, 3.8) is 0 Å². The third-order valence-electron chi connectivity index (χ3n) is 5.08. The predicted octanol–water partition coefficient (Wildman–Crippen LogP) is 5.01. The molecule has 0 fully saturated rings. The maximum absolute atomic E-state index is 2.40. The number of benzene rings is 2. The van der Waals surface area contributed by atoms with E-state index < -0.39 is 0 Å². The van der Waals surface area contributed by atoms with Crippen LogP contribution < -0.4 is 0 Å². The Morgan fingerprint density at radius 3 is 1.57 bits per heavy atom. The molecule has 1 heteroatoms. The lowest BCUT2D eigenvalue weighted by Crippen LogP contribution is -2.16. The van der Waals surface area contributed by atoms with Gasteiger partial charge in [0, 0.05) is 0 Å². The molecule has 2 aliphatic carbocycles. The van der Waals surface area contributed by atoms with Crippen LogP contribution in [0.1, 0.15) is 44.2 Å². The molecule has 21 heavy (non-hydrogen) atoms. The molecule has 0 N–H and O–H groups in total. The number of allylic oxidation sites excluding steroid dienone is 2. The van der Waals surface area contributed by atoms with Gasteiger partial charge >= 0.3 is 20.4 Å². The van der Waals surface area contributed by atoms with E-state index in [1.54, 1.807) is 22.3 Å². The van der Waals surface area contributed by atoms with Crippen LogP contribution in [0.2, 0.25) is 0 Å². The molecular formula is C20H18Mg. The highest BCUT2D eigenvalue weighted by Crippen LogP contribution is 2.42. The van der Waals surface area contributed by atoms with Crippen molar-refractivity contribution in [1.82, 2.24) is 0 Å². The molecule has 0 radical (unpaired) electrons.